The molecule has 3 aromatic rings. The summed E-state index contributed by atoms with van der Waals surface area (Å²) in [5.41, 5.74) is 0.965. The van der Waals surface area contributed by atoms with Crippen LogP contribution in [0, 0.1) is 11.3 Å². The highest BCUT2D eigenvalue weighted by Gasteiger charge is 2.18. The summed E-state index contributed by atoms with van der Waals surface area (Å²) in [5, 5.41) is 9.40. The van der Waals surface area contributed by atoms with Crippen LogP contribution in [0.2, 0.25) is 0 Å². The summed E-state index contributed by atoms with van der Waals surface area (Å²) in [4.78, 5) is 20.5. The van der Waals surface area contributed by atoms with E-state index in [9.17, 15) is 4.79 Å². The lowest BCUT2D eigenvalue weighted by Crippen LogP contribution is -2.38. The van der Waals surface area contributed by atoms with Crippen molar-refractivity contribution in [2.75, 3.05) is 47.1 Å². The van der Waals surface area contributed by atoms with Gasteiger partial charge in [-0.25, -0.2) is 4.98 Å². The van der Waals surface area contributed by atoms with Crippen LogP contribution >= 0.6 is 0 Å². The molecule has 0 unspecified atom stereocenters. The van der Waals surface area contributed by atoms with E-state index >= 15 is 0 Å². The average Bonchev–Trinajstić information content (AvgIpc) is 2.86. The quantitative estimate of drug-likeness (QED) is 0.515. The smallest absolute Gasteiger partial charge is 0.261 e. The van der Waals surface area contributed by atoms with Crippen LogP contribution in [-0.4, -0.2) is 61.6 Å². The molecule has 0 radical (unpaired) electrons. The van der Waals surface area contributed by atoms with Crippen LogP contribution in [-0.2, 0) is 17.8 Å². The minimum Gasteiger partial charge on any atom is -0.493 e. The number of methoxy groups -OCH3 is 2. The molecule has 172 valence electrons. The Hall–Kier alpha value is -3.61. The van der Waals surface area contributed by atoms with Gasteiger partial charge in [0.25, 0.3) is 5.56 Å². The van der Waals surface area contributed by atoms with E-state index in [4.69, 9.17) is 29.2 Å². The lowest BCUT2D eigenvalue weighted by molar-refractivity contribution is 0.0323. The Bertz CT molecular complexity index is 1210. The Morgan fingerprint density at radius 2 is 1.79 bits per heavy atom. The minimum absolute atomic E-state index is 0.160. The summed E-state index contributed by atoms with van der Waals surface area (Å²) in [6, 6.07) is 12.4. The number of benzene rings is 2. The molecule has 9 nitrogen and oxygen atoms in total. The molecule has 0 bridgehead atoms. The van der Waals surface area contributed by atoms with E-state index in [-0.39, 0.29) is 12.2 Å². The SMILES string of the molecule is COc1cc2nc(CN3CCOCC3)n(CCOc3ccc(C#N)cc3)c(=O)c2cc1OC. The van der Waals surface area contributed by atoms with Gasteiger partial charge in [-0.05, 0) is 30.3 Å². The van der Waals surface area contributed by atoms with Crippen molar-refractivity contribution in [3.8, 4) is 23.3 Å². The first-order chi connectivity index (χ1) is 16.1. The maximum absolute atomic E-state index is 13.5. The molecule has 0 aliphatic carbocycles. The summed E-state index contributed by atoms with van der Waals surface area (Å²) in [6.07, 6.45) is 0. The fourth-order valence-electron chi connectivity index (χ4n) is 3.79. The number of nitriles is 1. The molecule has 1 saturated heterocycles. The third-order valence-electron chi connectivity index (χ3n) is 5.57. The predicted molar refractivity (Wildman–Crippen MR) is 122 cm³/mol. The van der Waals surface area contributed by atoms with Gasteiger partial charge >= 0.3 is 0 Å². The molecule has 1 aliphatic heterocycles. The normalized spacial score (nSPS) is 14.1. The summed E-state index contributed by atoms with van der Waals surface area (Å²) < 4.78 is 23.7. The number of hydrogen-bond donors (Lipinski definition) is 0. The molecule has 2 aromatic carbocycles. The fraction of sp³-hybridized carbons (Fsp3) is 0.375. The molecule has 1 fully saturated rings. The fourth-order valence-corrected chi connectivity index (χ4v) is 3.79. The van der Waals surface area contributed by atoms with Crippen molar-refractivity contribution in [2.24, 2.45) is 0 Å². The summed E-state index contributed by atoms with van der Waals surface area (Å²) in [6.45, 7) is 4.01. The van der Waals surface area contributed by atoms with E-state index in [1.807, 2.05) is 0 Å². The van der Waals surface area contributed by atoms with Gasteiger partial charge in [-0.1, -0.05) is 0 Å². The summed E-state index contributed by atoms with van der Waals surface area (Å²) in [5.74, 6) is 2.29. The molecule has 9 heteroatoms. The third kappa shape index (κ3) is 5.08. The zero-order chi connectivity index (χ0) is 23.2. The van der Waals surface area contributed by atoms with Gasteiger partial charge in [-0.3, -0.25) is 14.3 Å². The van der Waals surface area contributed by atoms with Crippen molar-refractivity contribution >= 4 is 10.9 Å². The van der Waals surface area contributed by atoms with Gasteiger partial charge in [-0.2, -0.15) is 5.26 Å². The lowest BCUT2D eigenvalue weighted by atomic mass is 10.2. The van der Waals surface area contributed by atoms with Crippen LogP contribution in [0.25, 0.3) is 10.9 Å². The van der Waals surface area contributed by atoms with Crippen LogP contribution in [0.5, 0.6) is 17.2 Å². The van der Waals surface area contributed by atoms with Crippen LogP contribution in [0.15, 0.2) is 41.2 Å². The number of nitrogens with zero attached hydrogens (tertiary/aromatic N) is 4. The van der Waals surface area contributed by atoms with Gasteiger partial charge in [0.15, 0.2) is 11.5 Å². The lowest BCUT2D eigenvalue weighted by Gasteiger charge is -2.27. The van der Waals surface area contributed by atoms with Crippen LogP contribution in [0.3, 0.4) is 0 Å². The zero-order valence-corrected chi connectivity index (χ0v) is 18.7. The van der Waals surface area contributed by atoms with Crippen LogP contribution < -0.4 is 19.8 Å². The number of fused-ring (bicyclic) bond motifs is 1. The van der Waals surface area contributed by atoms with Crippen LogP contribution in [0.1, 0.15) is 11.4 Å². The predicted octanol–water partition coefficient (Wildman–Crippen LogP) is 2.20. The molecular weight excluding hydrogens is 424 g/mol. The molecule has 4 rings (SSSR count). The van der Waals surface area contributed by atoms with E-state index < -0.39 is 0 Å². The minimum atomic E-state index is -0.160. The van der Waals surface area contributed by atoms with Crippen molar-refractivity contribution in [1.29, 1.82) is 5.26 Å². The number of aromatic nitrogens is 2. The molecule has 1 aromatic heterocycles. The number of rotatable bonds is 8. The summed E-state index contributed by atoms with van der Waals surface area (Å²) in [7, 11) is 3.09. The van der Waals surface area contributed by atoms with Crippen molar-refractivity contribution in [2.45, 2.75) is 13.1 Å². The molecule has 0 spiro atoms. The van der Waals surface area contributed by atoms with Gasteiger partial charge in [0.1, 0.15) is 18.2 Å². The number of ether oxygens (including phenoxy) is 4. The zero-order valence-electron chi connectivity index (χ0n) is 18.7. The molecule has 0 amide bonds. The Morgan fingerprint density at radius 3 is 2.45 bits per heavy atom. The molecule has 33 heavy (non-hydrogen) atoms. The van der Waals surface area contributed by atoms with Crippen molar-refractivity contribution in [1.82, 2.24) is 14.5 Å². The number of hydrogen-bond acceptors (Lipinski definition) is 8. The second kappa shape index (κ2) is 10.3. The van der Waals surface area contributed by atoms with Crippen molar-refractivity contribution in [3.05, 3.63) is 58.1 Å². The highest BCUT2D eigenvalue weighted by molar-refractivity contribution is 5.82. The topological polar surface area (TPSA) is 98.8 Å². The monoisotopic (exact) mass is 450 g/mol. The molecule has 0 atom stereocenters. The Kier molecular flexibility index (Phi) is 7.07. The van der Waals surface area contributed by atoms with Gasteiger partial charge in [-0.15, -0.1) is 0 Å². The van der Waals surface area contributed by atoms with Crippen molar-refractivity contribution < 1.29 is 18.9 Å². The summed E-state index contributed by atoms with van der Waals surface area (Å²) >= 11 is 0. The first-order valence-electron chi connectivity index (χ1n) is 10.7. The molecule has 1 aliphatic rings. The maximum atomic E-state index is 13.5. The second-order valence-corrected chi connectivity index (χ2v) is 7.58. The van der Waals surface area contributed by atoms with Gasteiger partial charge in [0, 0.05) is 19.2 Å². The Labute approximate surface area is 191 Å². The highest BCUT2D eigenvalue weighted by atomic mass is 16.5. The van der Waals surface area contributed by atoms with E-state index in [2.05, 4.69) is 11.0 Å². The van der Waals surface area contributed by atoms with E-state index in [0.29, 0.717) is 65.8 Å². The van der Waals surface area contributed by atoms with Gasteiger partial charge < -0.3 is 18.9 Å². The average molecular weight is 450 g/mol. The highest BCUT2D eigenvalue weighted by Crippen LogP contribution is 2.30. The number of morpholine rings is 1. The first-order valence-corrected chi connectivity index (χ1v) is 10.7. The van der Waals surface area contributed by atoms with E-state index in [1.165, 1.54) is 7.11 Å². The third-order valence-corrected chi connectivity index (χ3v) is 5.57. The van der Waals surface area contributed by atoms with Crippen LogP contribution in [0.4, 0.5) is 0 Å². The van der Waals surface area contributed by atoms with Crippen molar-refractivity contribution in [3.63, 3.8) is 0 Å². The van der Waals surface area contributed by atoms with Gasteiger partial charge in [0.05, 0.1) is 63.1 Å². The standard InChI is InChI=1S/C24H26N4O5/c1-30-21-13-19-20(14-22(21)31-2)26-23(16-27-7-10-32-11-8-27)28(24(19)29)9-12-33-18-5-3-17(15-25)4-6-18/h3-6,13-14H,7-12,16H2,1-2H3. The first kappa shape index (κ1) is 22.6. The second-order valence-electron chi connectivity index (χ2n) is 7.58. The van der Waals surface area contributed by atoms with Gasteiger partial charge in [0.2, 0.25) is 0 Å². The molecule has 0 N–H and O–H groups in total. The van der Waals surface area contributed by atoms with E-state index in [1.54, 1.807) is 48.1 Å². The molecule has 0 saturated carbocycles. The Morgan fingerprint density at radius 1 is 1.09 bits per heavy atom. The molecular formula is C24H26N4O5. The van der Waals surface area contributed by atoms with E-state index in [0.717, 1.165) is 13.1 Å². The maximum Gasteiger partial charge on any atom is 0.261 e. The molecule has 2 heterocycles. The Balaban J connectivity index is 1.65. The largest absolute Gasteiger partial charge is 0.493 e.